The molecule has 2 aliphatic rings. The van der Waals surface area contributed by atoms with E-state index in [0.29, 0.717) is 30.3 Å². The fourth-order valence-electron chi connectivity index (χ4n) is 2.73. The number of hydrogen-bond donors (Lipinski definition) is 1. The van der Waals surface area contributed by atoms with Gasteiger partial charge >= 0.3 is 0 Å². The average Bonchev–Trinajstić information content (AvgIpc) is 3.26. The first kappa shape index (κ1) is 13.8. The van der Waals surface area contributed by atoms with Crippen molar-refractivity contribution < 1.29 is 23.9 Å². The topological polar surface area (TPSA) is 85.0 Å². The van der Waals surface area contributed by atoms with Crippen LogP contribution in [0, 0.1) is 0 Å². The molecule has 7 nitrogen and oxygen atoms in total. The highest BCUT2D eigenvalue weighted by Gasteiger charge is 2.26. The zero-order valence-corrected chi connectivity index (χ0v) is 12.1. The Hall–Kier alpha value is -2.80. The van der Waals surface area contributed by atoms with E-state index in [0.717, 1.165) is 11.1 Å². The van der Waals surface area contributed by atoms with Gasteiger partial charge in [-0.15, -0.1) is 0 Å². The molecule has 1 amide bonds. The Morgan fingerprint density at radius 1 is 1.26 bits per heavy atom. The minimum Gasteiger partial charge on any atom is -0.454 e. The summed E-state index contributed by atoms with van der Waals surface area (Å²) in [6.07, 6.45) is 2.59. The normalized spacial score (nSPS) is 17.5. The minimum absolute atomic E-state index is 0.160. The predicted molar refractivity (Wildman–Crippen MR) is 79.1 cm³/mol. The van der Waals surface area contributed by atoms with Gasteiger partial charge in [0, 0.05) is 25.1 Å². The summed E-state index contributed by atoms with van der Waals surface area (Å²) < 4.78 is 15.3. The molecule has 2 aromatic rings. The second-order valence-corrected chi connectivity index (χ2v) is 5.42. The fourth-order valence-corrected chi connectivity index (χ4v) is 2.73. The van der Waals surface area contributed by atoms with Crippen LogP contribution in [0.1, 0.15) is 18.1 Å². The van der Waals surface area contributed by atoms with Crippen LogP contribution in [0.25, 0.3) is 0 Å². The molecule has 1 N–H and O–H groups in total. The third kappa shape index (κ3) is 2.55. The molecule has 1 aromatic carbocycles. The van der Waals surface area contributed by atoms with Crippen molar-refractivity contribution >= 4 is 11.7 Å². The van der Waals surface area contributed by atoms with Crippen molar-refractivity contribution in [2.45, 2.75) is 12.5 Å². The van der Waals surface area contributed by atoms with Crippen LogP contribution in [0.2, 0.25) is 0 Å². The van der Waals surface area contributed by atoms with Gasteiger partial charge in [-0.3, -0.25) is 9.69 Å². The summed E-state index contributed by atoms with van der Waals surface area (Å²) in [6, 6.07) is 6.96. The van der Waals surface area contributed by atoms with Crippen molar-refractivity contribution in [2.75, 3.05) is 18.2 Å². The molecule has 0 spiro atoms. The summed E-state index contributed by atoms with van der Waals surface area (Å²) >= 11 is 0. The number of carbonyl (C=O) groups excluding carboxylic acids is 1. The third-order valence-electron chi connectivity index (χ3n) is 3.89. The summed E-state index contributed by atoms with van der Waals surface area (Å²) in [5.74, 6) is 1.61. The number of amides is 1. The number of rotatable bonds is 4. The van der Waals surface area contributed by atoms with Crippen LogP contribution in [0.3, 0.4) is 0 Å². The first-order valence-electron chi connectivity index (χ1n) is 7.19. The highest BCUT2D eigenvalue weighted by atomic mass is 16.7. The number of anilines is 1. The third-order valence-corrected chi connectivity index (χ3v) is 3.89. The summed E-state index contributed by atoms with van der Waals surface area (Å²) in [4.78, 5) is 13.5. The quantitative estimate of drug-likeness (QED) is 0.926. The molecule has 1 aromatic heterocycles. The molecule has 4 rings (SSSR count). The highest BCUT2D eigenvalue weighted by Crippen LogP contribution is 2.35. The van der Waals surface area contributed by atoms with Gasteiger partial charge in [0.05, 0.1) is 6.10 Å². The minimum atomic E-state index is -0.721. The summed E-state index contributed by atoms with van der Waals surface area (Å²) in [5, 5.41) is 14.2. The van der Waals surface area contributed by atoms with Crippen LogP contribution < -0.4 is 14.4 Å². The Labute approximate surface area is 131 Å². The van der Waals surface area contributed by atoms with Gasteiger partial charge in [-0.2, -0.15) is 0 Å². The van der Waals surface area contributed by atoms with Crippen LogP contribution in [-0.4, -0.2) is 29.5 Å². The van der Waals surface area contributed by atoms with Gasteiger partial charge in [0.2, 0.25) is 6.79 Å². The number of hydrogen-bond acceptors (Lipinski definition) is 6. The van der Waals surface area contributed by atoms with Gasteiger partial charge < -0.3 is 19.1 Å². The number of carbonyl (C=O) groups is 1. The summed E-state index contributed by atoms with van der Waals surface area (Å²) in [6.45, 7) is 0.591. The highest BCUT2D eigenvalue weighted by molar-refractivity contribution is 6.04. The summed E-state index contributed by atoms with van der Waals surface area (Å²) in [7, 11) is 0. The molecule has 7 heteroatoms. The molecule has 0 aliphatic carbocycles. The van der Waals surface area contributed by atoms with Crippen molar-refractivity contribution in [3.63, 3.8) is 0 Å². The maximum atomic E-state index is 12.0. The number of aromatic nitrogens is 1. The number of aliphatic hydroxyl groups is 1. The van der Waals surface area contributed by atoms with E-state index in [4.69, 9.17) is 14.0 Å². The first-order valence-corrected chi connectivity index (χ1v) is 7.19. The lowest BCUT2D eigenvalue weighted by Crippen LogP contribution is -2.25. The maximum absolute atomic E-state index is 12.0. The van der Waals surface area contributed by atoms with Crippen LogP contribution in [0.5, 0.6) is 11.5 Å². The molecule has 0 fully saturated rings. The van der Waals surface area contributed by atoms with E-state index < -0.39 is 6.10 Å². The molecule has 0 radical (unpaired) electrons. The van der Waals surface area contributed by atoms with Crippen LogP contribution in [-0.2, 0) is 4.79 Å². The van der Waals surface area contributed by atoms with Crippen LogP contribution in [0.15, 0.2) is 46.7 Å². The van der Waals surface area contributed by atoms with Crippen LogP contribution in [0.4, 0.5) is 5.82 Å². The predicted octanol–water partition coefficient (Wildman–Crippen LogP) is 1.80. The van der Waals surface area contributed by atoms with Crippen molar-refractivity contribution in [1.29, 1.82) is 0 Å². The maximum Gasteiger partial charge on any atom is 0.252 e. The van der Waals surface area contributed by atoms with E-state index in [2.05, 4.69) is 5.16 Å². The van der Waals surface area contributed by atoms with Crippen molar-refractivity contribution in [1.82, 2.24) is 5.16 Å². The Bertz CT molecular complexity index is 769. The molecule has 2 aliphatic heterocycles. The number of benzene rings is 1. The monoisotopic (exact) mass is 314 g/mol. The fraction of sp³-hybridized carbons (Fsp3) is 0.250. The molecular weight excluding hydrogens is 300 g/mol. The van der Waals surface area contributed by atoms with Crippen LogP contribution >= 0.6 is 0 Å². The molecule has 23 heavy (non-hydrogen) atoms. The molecule has 3 heterocycles. The second kappa shape index (κ2) is 5.44. The zero-order chi connectivity index (χ0) is 15.8. The number of ether oxygens (including phenoxy) is 2. The lowest BCUT2D eigenvalue weighted by atomic mass is 10.0. The smallest absolute Gasteiger partial charge is 0.252 e. The van der Waals surface area contributed by atoms with Gasteiger partial charge in [-0.05, 0) is 23.3 Å². The van der Waals surface area contributed by atoms with Crippen molar-refractivity contribution in [3.05, 3.63) is 47.7 Å². The Balaban J connectivity index is 1.46. The Morgan fingerprint density at radius 3 is 2.96 bits per heavy atom. The van der Waals surface area contributed by atoms with Crippen molar-refractivity contribution in [2.24, 2.45) is 0 Å². The Morgan fingerprint density at radius 2 is 2.13 bits per heavy atom. The van der Waals surface area contributed by atoms with Gasteiger partial charge in [0.1, 0.15) is 6.26 Å². The Kier molecular flexibility index (Phi) is 3.27. The second-order valence-electron chi connectivity index (χ2n) is 5.42. The van der Waals surface area contributed by atoms with E-state index in [-0.39, 0.29) is 12.7 Å². The SMILES string of the molecule is O=C1C=C(CC(O)c2ccc3c(c2)OCO3)CN1c1ccon1. The molecule has 118 valence electrons. The van der Waals surface area contributed by atoms with E-state index >= 15 is 0 Å². The molecule has 0 saturated heterocycles. The van der Waals surface area contributed by atoms with E-state index in [9.17, 15) is 9.90 Å². The molecular formula is C16H14N2O5. The lowest BCUT2D eigenvalue weighted by molar-refractivity contribution is -0.113. The molecule has 0 saturated carbocycles. The number of aliphatic hydroxyl groups excluding tert-OH is 1. The van der Waals surface area contributed by atoms with Crippen molar-refractivity contribution in [3.8, 4) is 11.5 Å². The number of nitrogens with zero attached hydrogens (tertiary/aromatic N) is 2. The standard InChI is InChI=1S/C16H14N2O5/c19-12(11-1-2-13-14(7-11)22-9-21-13)5-10-6-16(20)18(8-10)15-3-4-23-17-15/h1-4,6-7,12,19H,5,8-9H2. The average molecular weight is 314 g/mol. The largest absolute Gasteiger partial charge is 0.454 e. The molecule has 0 bridgehead atoms. The first-order chi connectivity index (χ1) is 11.2. The van der Waals surface area contributed by atoms with Gasteiger partial charge in [-0.25, -0.2) is 0 Å². The van der Waals surface area contributed by atoms with Gasteiger partial charge in [0.15, 0.2) is 17.3 Å². The van der Waals surface area contributed by atoms with Gasteiger partial charge in [-0.1, -0.05) is 11.2 Å². The van der Waals surface area contributed by atoms with Gasteiger partial charge in [0.25, 0.3) is 5.91 Å². The lowest BCUT2D eigenvalue weighted by Gasteiger charge is -2.15. The molecule has 1 atom stereocenters. The van der Waals surface area contributed by atoms with E-state index in [1.165, 1.54) is 17.2 Å². The number of fused-ring (bicyclic) bond motifs is 1. The van der Waals surface area contributed by atoms with E-state index in [1.807, 2.05) is 0 Å². The zero-order valence-electron chi connectivity index (χ0n) is 12.1. The summed E-state index contributed by atoms with van der Waals surface area (Å²) in [5.41, 5.74) is 1.56. The molecule has 1 unspecified atom stereocenters. The van der Waals surface area contributed by atoms with E-state index in [1.54, 1.807) is 24.3 Å².